The smallest absolute Gasteiger partial charge is 0.230 e. The summed E-state index contributed by atoms with van der Waals surface area (Å²) in [7, 11) is 0. The van der Waals surface area contributed by atoms with Crippen LogP contribution in [0, 0.1) is 0 Å². The molecule has 1 aliphatic carbocycles. The van der Waals surface area contributed by atoms with Crippen molar-refractivity contribution in [1.82, 2.24) is 10.3 Å². The maximum absolute atomic E-state index is 12.7. The van der Waals surface area contributed by atoms with Crippen molar-refractivity contribution in [3.63, 3.8) is 0 Å². The number of hydrogen-bond donors (Lipinski definition) is 1. The number of anilines is 1. The first-order valence-electron chi connectivity index (χ1n) is 8.92. The van der Waals surface area contributed by atoms with Gasteiger partial charge in [0.25, 0.3) is 0 Å². The van der Waals surface area contributed by atoms with Crippen LogP contribution in [0.2, 0.25) is 5.02 Å². The zero-order valence-electron chi connectivity index (χ0n) is 14.2. The molecule has 1 amide bonds. The summed E-state index contributed by atoms with van der Waals surface area (Å²) in [6.07, 6.45) is 6.15. The summed E-state index contributed by atoms with van der Waals surface area (Å²) in [5.41, 5.74) is 1.72. The zero-order valence-corrected chi connectivity index (χ0v) is 14.9. The van der Waals surface area contributed by atoms with Crippen molar-refractivity contribution in [2.24, 2.45) is 0 Å². The molecule has 1 aromatic heterocycles. The number of halogens is 1. The molecule has 2 fully saturated rings. The van der Waals surface area contributed by atoms with Gasteiger partial charge in [0.15, 0.2) is 0 Å². The summed E-state index contributed by atoms with van der Waals surface area (Å²) in [6, 6.07) is 11.7. The molecule has 1 aliphatic heterocycles. The Bertz CT molecular complexity index is 748. The molecule has 2 aromatic rings. The third kappa shape index (κ3) is 3.36. The Balaban J connectivity index is 1.37. The minimum Gasteiger partial charge on any atom is -0.357 e. The topological polar surface area (TPSA) is 45.2 Å². The average molecular weight is 356 g/mol. The van der Waals surface area contributed by atoms with Gasteiger partial charge in [-0.25, -0.2) is 4.98 Å². The number of amides is 1. The van der Waals surface area contributed by atoms with E-state index < -0.39 is 0 Å². The van der Waals surface area contributed by atoms with Gasteiger partial charge in [-0.05, 0) is 55.0 Å². The molecule has 1 aromatic carbocycles. The summed E-state index contributed by atoms with van der Waals surface area (Å²) < 4.78 is 0. The van der Waals surface area contributed by atoms with E-state index in [0.29, 0.717) is 11.6 Å². The fourth-order valence-electron chi connectivity index (χ4n) is 3.55. The van der Waals surface area contributed by atoms with Gasteiger partial charge in [-0.3, -0.25) is 4.79 Å². The Morgan fingerprint density at radius 2 is 1.84 bits per heavy atom. The number of carbonyl (C=O) groups excluding carboxylic acids is 1. The molecule has 0 unspecified atom stereocenters. The summed E-state index contributed by atoms with van der Waals surface area (Å²) >= 11 is 5.95. The predicted molar refractivity (Wildman–Crippen MR) is 99.9 cm³/mol. The Kier molecular flexibility index (Phi) is 4.38. The number of nitrogens with one attached hydrogen (secondary N) is 1. The largest absolute Gasteiger partial charge is 0.357 e. The summed E-state index contributed by atoms with van der Waals surface area (Å²) in [5.74, 6) is 1.13. The molecule has 130 valence electrons. The zero-order chi connectivity index (χ0) is 17.3. The highest BCUT2D eigenvalue weighted by Gasteiger charge is 2.51. The van der Waals surface area contributed by atoms with Crippen molar-refractivity contribution in [2.45, 2.75) is 37.6 Å². The third-order valence-electron chi connectivity index (χ3n) is 5.27. The Morgan fingerprint density at radius 3 is 2.44 bits per heavy atom. The van der Waals surface area contributed by atoms with E-state index in [1.807, 2.05) is 30.5 Å². The summed E-state index contributed by atoms with van der Waals surface area (Å²) in [6.45, 7) is 2.70. The molecule has 0 radical (unpaired) electrons. The molecule has 0 bridgehead atoms. The SMILES string of the molecule is O=C(NCc1ccc(N2CCCC2)nc1)C1(c2ccc(Cl)cc2)CC1. The van der Waals surface area contributed by atoms with E-state index >= 15 is 0 Å². The third-order valence-corrected chi connectivity index (χ3v) is 5.53. The lowest BCUT2D eigenvalue weighted by Crippen LogP contribution is -2.34. The van der Waals surface area contributed by atoms with Gasteiger partial charge in [0, 0.05) is 30.9 Å². The second kappa shape index (κ2) is 6.68. The van der Waals surface area contributed by atoms with E-state index in [1.165, 1.54) is 12.8 Å². The van der Waals surface area contributed by atoms with Crippen LogP contribution in [0.15, 0.2) is 42.6 Å². The van der Waals surface area contributed by atoms with Gasteiger partial charge < -0.3 is 10.2 Å². The fraction of sp³-hybridized carbons (Fsp3) is 0.400. The first kappa shape index (κ1) is 16.4. The quantitative estimate of drug-likeness (QED) is 0.889. The van der Waals surface area contributed by atoms with Gasteiger partial charge in [-0.15, -0.1) is 0 Å². The van der Waals surface area contributed by atoms with Crippen LogP contribution in [0.25, 0.3) is 0 Å². The molecule has 4 rings (SSSR count). The summed E-state index contributed by atoms with van der Waals surface area (Å²) in [4.78, 5) is 19.5. The van der Waals surface area contributed by atoms with Gasteiger partial charge in [-0.1, -0.05) is 29.8 Å². The van der Waals surface area contributed by atoms with E-state index in [4.69, 9.17) is 11.6 Å². The van der Waals surface area contributed by atoms with Crippen LogP contribution in [0.3, 0.4) is 0 Å². The lowest BCUT2D eigenvalue weighted by atomic mass is 9.95. The van der Waals surface area contributed by atoms with Gasteiger partial charge in [0.1, 0.15) is 5.82 Å². The molecule has 1 saturated carbocycles. The first-order chi connectivity index (χ1) is 12.2. The van der Waals surface area contributed by atoms with E-state index in [2.05, 4.69) is 27.3 Å². The number of hydrogen-bond acceptors (Lipinski definition) is 3. The monoisotopic (exact) mass is 355 g/mol. The predicted octanol–water partition coefficient (Wildman–Crippen LogP) is 3.68. The number of nitrogens with zero attached hydrogens (tertiary/aromatic N) is 2. The second-order valence-corrected chi connectivity index (χ2v) is 7.43. The van der Waals surface area contributed by atoms with Crippen LogP contribution >= 0.6 is 11.6 Å². The highest BCUT2D eigenvalue weighted by molar-refractivity contribution is 6.30. The summed E-state index contributed by atoms with van der Waals surface area (Å²) in [5, 5.41) is 3.78. The van der Waals surface area contributed by atoms with Crippen LogP contribution in [-0.2, 0) is 16.8 Å². The molecule has 0 spiro atoms. The van der Waals surface area contributed by atoms with Crippen LogP contribution < -0.4 is 10.2 Å². The van der Waals surface area contributed by atoms with E-state index in [-0.39, 0.29) is 11.3 Å². The van der Waals surface area contributed by atoms with Crippen molar-refractivity contribution >= 4 is 23.3 Å². The molecule has 25 heavy (non-hydrogen) atoms. The van der Waals surface area contributed by atoms with E-state index in [0.717, 1.165) is 42.9 Å². The highest BCUT2D eigenvalue weighted by atomic mass is 35.5. The van der Waals surface area contributed by atoms with Crippen molar-refractivity contribution in [3.8, 4) is 0 Å². The fourth-order valence-corrected chi connectivity index (χ4v) is 3.67. The molecule has 2 aliphatic rings. The Hall–Kier alpha value is -2.07. The Labute approximate surface area is 153 Å². The van der Waals surface area contributed by atoms with Crippen LogP contribution in [-0.4, -0.2) is 24.0 Å². The molecule has 5 heteroatoms. The van der Waals surface area contributed by atoms with Crippen LogP contribution in [0.5, 0.6) is 0 Å². The molecule has 0 atom stereocenters. The maximum atomic E-state index is 12.7. The van der Waals surface area contributed by atoms with Crippen molar-refractivity contribution in [2.75, 3.05) is 18.0 Å². The van der Waals surface area contributed by atoms with Crippen molar-refractivity contribution < 1.29 is 4.79 Å². The lowest BCUT2D eigenvalue weighted by molar-refractivity contribution is -0.123. The average Bonchev–Trinajstić information content (AvgIpc) is 3.27. The number of aromatic nitrogens is 1. The maximum Gasteiger partial charge on any atom is 0.230 e. The van der Waals surface area contributed by atoms with E-state index in [1.54, 1.807) is 0 Å². The number of carbonyl (C=O) groups is 1. The van der Waals surface area contributed by atoms with Gasteiger partial charge in [0.2, 0.25) is 5.91 Å². The minimum absolute atomic E-state index is 0.0958. The van der Waals surface area contributed by atoms with Crippen LogP contribution in [0.1, 0.15) is 36.8 Å². The normalized spacial score (nSPS) is 18.2. The number of rotatable bonds is 5. The first-order valence-corrected chi connectivity index (χ1v) is 9.29. The molecular formula is C20H22ClN3O. The molecule has 1 saturated heterocycles. The Morgan fingerprint density at radius 1 is 1.12 bits per heavy atom. The highest BCUT2D eigenvalue weighted by Crippen LogP contribution is 2.48. The number of benzene rings is 1. The molecule has 2 heterocycles. The standard InChI is InChI=1S/C20H22ClN3O/c21-17-6-4-16(5-7-17)20(9-10-20)19(25)23-14-15-3-8-18(22-13-15)24-11-1-2-12-24/h3-8,13H,1-2,9-12,14H2,(H,23,25). The van der Waals surface area contributed by atoms with Crippen molar-refractivity contribution in [1.29, 1.82) is 0 Å². The molecule has 4 nitrogen and oxygen atoms in total. The lowest BCUT2D eigenvalue weighted by Gasteiger charge is -2.17. The van der Waals surface area contributed by atoms with Gasteiger partial charge in [-0.2, -0.15) is 0 Å². The van der Waals surface area contributed by atoms with Gasteiger partial charge in [0.05, 0.1) is 5.41 Å². The minimum atomic E-state index is -0.368. The van der Waals surface area contributed by atoms with Crippen LogP contribution in [0.4, 0.5) is 5.82 Å². The van der Waals surface area contributed by atoms with Gasteiger partial charge >= 0.3 is 0 Å². The number of pyridine rings is 1. The second-order valence-electron chi connectivity index (χ2n) is 6.99. The molecular weight excluding hydrogens is 334 g/mol. The van der Waals surface area contributed by atoms with Crippen molar-refractivity contribution in [3.05, 3.63) is 58.7 Å². The molecule has 1 N–H and O–H groups in total. The van der Waals surface area contributed by atoms with E-state index in [9.17, 15) is 4.79 Å².